The second-order valence-corrected chi connectivity index (χ2v) is 4.60. The number of halogens is 3. The molecule has 0 bridgehead atoms. The van der Waals surface area contributed by atoms with Crippen LogP contribution in [0, 0.1) is 0 Å². The fourth-order valence-corrected chi connectivity index (χ4v) is 1.50. The summed E-state index contributed by atoms with van der Waals surface area (Å²) in [5.74, 6) is -3.25. The highest BCUT2D eigenvalue weighted by Crippen LogP contribution is 2.13. The molecular weight excluding hydrogens is 381 g/mol. The second-order valence-electron chi connectivity index (χ2n) is 4.60. The monoisotopic (exact) mass is 396 g/mol. The molecule has 6 N–H and O–H groups in total. The number of rotatable bonds is 6. The molecule has 0 atom stereocenters. The number of nitrogens with two attached hydrogens (primary N) is 2. The predicted octanol–water partition coefficient (Wildman–Crippen LogP) is -1.19. The Morgan fingerprint density at radius 3 is 2.52 bits per heavy atom. The molecule has 0 aromatic carbocycles. The number of alkyl halides is 3. The van der Waals surface area contributed by atoms with E-state index in [0.717, 1.165) is 0 Å². The Hall–Kier alpha value is -3.20. The van der Waals surface area contributed by atoms with Crippen LogP contribution in [-0.2, 0) is 25.8 Å². The molecule has 0 unspecified atom stereocenters. The zero-order chi connectivity index (χ0) is 20.6. The highest BCUT2D eigenvalue weighted by Gasteiger charge is 2.38. The number of esters is 1. The molecule has 0 aliphatic carbocycles. The summed E-state index contributed by atoms with van der Waals surface area (Å²) in [5, 5.41) is 7.12. The SMILES string of the molecule is NCC(=O)OCCOCn1cnc2c(=O)[nH]c(N)nc21.O=C(O)C(F)(F)F. The van der Waals surface area contributed by atoms with E-state index in [4.69, 9.17) is 30.8 Å². The highest BCUT2D eigenvalue weighted by atomic mass is 19.4. The van der Waals surface area contributed by atoms with Crippen LogP contribution in [0.25, 0.3) is 11.2 Å². The van der Waals surface area contributed by atoms with Crippen LogP contribution in [-0.4, -0.2) is 62.5 Å². The molecule has 2 aromatic rings. The molecule has 15 heteroatoms. The van der Waals surface area contributed by atoms with E-state index in [1.54, 1.807) is 0 Å². The predicted molar refractivity (Wildman–Crippen MR) is 82.2 cm³/mol. The van der Waals surface area contributed by atoms with Crippen LogP contribution in [0.3, 0.4) is 0 Å². The van der Waals surface area contributed by atoms with E-state index in [2.05, 4.69) is 15.0 Å². The second kappa shape index (κ2) is 9.48. The van der Waals surface area contributed by atoms with Crippen molar-refractivity contribution in [2.24, 2.45) is 5.73 Å². The first-order valence-corrected chi connectivity index (χ1v) is 7.00. The van der Waals surface area contributed by atoms with Gasteiger partial charge in [-0.05, 0) is 0 Å². The van der Waals surface area contributed by atoms with Gasteiger partial charge in [-0.15, -0.1) is 0 Å². The van der Waals surface area contributed by atoms with Crippen molar-refractivity contribution < 1.29 is 37.3 Å². The van der Waals surface area contributed by atoms with Crippen LogP contribution in [0.15, 0.2) is 11.1 Å². The van der Waals surface area contributed by atoms with Crippen molar-refractivity contribution in [3.63, 3.8) is 0 Å². The minimum Gasteiger partial charge on any atom is -0.475 e. The average molecular weight is 396 g/mol. The Morgan fingerprint density at radius 1 is 1.33 bits per heavy atom. The lowest BCUT2D eigenvalue weighted by molar-refractivity contribution is -0.192. The molecular formula is C12H15F3N6O6. The number of ether oxygens (including phenoxy) is 2. The van der Waals surface area contributed by atoms with Gasteiger partial charge in [0.15, 0.2) is 11.2 Å². The van der Waals surface area contributed by atoms with Gasteiger partial charge >= 0.3 is 18.1 Å². The standard InChI is InChI=1S/C10H14N6O4.C2HF3O2/c11-3-6(17)20-2-1-19-5-16-4-13-7-8(16)14-10(12)15-9(7)18;3-2(4,5)1(6)7/h4H,1-3,5,11H2,(H3,12,14,15,18);(H,6,7). The number of fused-ring (bicyclic) bond motifs is 1. The molecule has 2 heterocycles. The van der Waals surface area contributed by atoms with Crippen LogP contribution in [0.1, 0.15) is 0 Å². The van der Waals surface area contributed by atoms with E-state index in [1.165, 1.54) is 10.9 Å². The molecule has 0 amide bonds. The van der Waals surface area contributed by atoms with Gasteiger partial charge in [0.05, 0.1) is 19.5 Å². The zero-order valence-electron chi connectivity index (χ0n) is 13.5. The number of carbonyl (C=O) groups excluding carboxylic acids is 1. The van der Waals surface area contributed by atoms with E-state index >= 15 is 0 Å². The van der Waals surface area contributed by atoms with Crippen LogP contribution in [0.5, 0.6) is 0 Å². The van der Waals surface area contributed by atoms with Gasteiger partial charge in [0, 0.05) is 0 Å². The number of nitrogens with zero attached hydrogens (tertiary/aromatic N) is 3. The summed E-state index contributed by atoms with van der Waals surface area (Å²) >= 11 is 0. The van der Waals surface area contributed by atoms with Crippen molar-refractivity contribution in [3.8, 4) is 0 Å². The Balaban J connectivity index is 0.000000445. The Morgan fingerprint density at radius 2 is 1.96 bits per heavy atom. The number of aliphatic carboxylic acids is 1. The first kappa shape index (κ1) is 21.8. The molecule has 0 radical (unpaired) electrons. The molecule has 27 heavy (non-hydrogen) atoms. The number of aromatic nitrogens is 4. The van der Waals surface area contributed by atoms with Crippen LogP contribution in [0.2, 0.25) is 0 Å². The summed E-state index contributed by atoms with van der Waals surface area (Å²) in [7, 11) is 0. The number of nitrogen functional groups attached to an aromatic ring is 1. The van der Waals surface area contributed by atoms with Gasteiger partial charge < -0.3 is 26.0 Å². The van der Waals surface area contributed by atoms with Crippen molar-refractivity contribution in [2.75, 3.05) is 25.5 Å². The summed E-state index contributed by atoms with van der Waals surface area (Å²) in [5.41, 5.74) is 10.6. The minimum atomic E-state index is -5.08. The van der Waals surface area contributed by atoms with Crippen LogP contribution < -0.4 is 17.0 Å². The van der Waals surface area contributed by atoms with E-state index < -0.39 is 23.7 Å². The molecule has 0 saturated carbocycles. The smallest absolute Gasteiger partial charge is 0.475 e. The maximum absolute atomic E-state index is 11.5. The van der Waals surface area contributed by atoms with Gasteiger partial charge in [-0.2, -0.15) is 18.2 Å². The number of carbonyl (C=O) groups is 2. The van der Waals surface area contributed by atoms with E-state index in [-0.39, 0.29) is 38.0 Å². The summed E-state index contributed by atoms with van der Waals surface area (Å²) in [6.07, 6.45) is -3.67. The average Bonchev–Trinajstić information content (AvgIpc) is 2.97. The van der Waals surface area contributed by atoms with Crippen molar-refractivity contribution in [1.29, 1.82) is 0 Å². The minimum absolute atomic E-state index is 0.00104. The van der Waals surface area contributed by atoms with Crippen LogP contribution >= 0.6 is 0 Å². The first-order valence-electron chi connectivity index (χ1n) is 7.00. The maximum atomic E-state index is 11.5. The third-order valence-corrected chi connectivity index (χ3v) is 2.62. The number of carboxylic acids is 1. The molecule has 0 aliphatic heterocycles. The number of imidazole rings is 1. The molecule has 0 fully saturated rings. The summed E-state index contributed by atoms with van der Waals surface area (Å²) in [6.45, 7) is 0.216. The zero-order valence-corrected chi connectivity index (χ0v) is 13.5. The Kier molecular flexibility index (Phi) is 7.67. The molecule has 12 nitrogen and oxygen atoms in total. The van der Waals surface area contributed by atoms with Gasteiger partial charge in [0.2, 0.25) is 5.95 Å². The normalized spacial score (nSPS) is 11.0. The van der Waals surface area contributed by atoms with Crippen molar-refractivity contribution in [2.45, 2.75) is 12.9 Å². The topological polar surface area (TPSA) is 188 Å². The molecule has 150 valence electrons. The summed E-state index contributed by atoms with van der Waals surface area (Å²) in [6, 6.07) is 0. The number of anilines is 1. The lowest BCUT2D eigenvalue weighted by atomic mass is 10.5. The number of H-pyrrole nitrogens is 1. The maximum Gasteiger partial charge on any atom is 0.490 e. The molecule has 0 aliphatic rings. The van der Waals surface area contributed by atoms with Gasteiger partial charge in [0.25, 0.3) is 5.56 Å². The number of hydrogen-bond donors (Lipinski definition) is 4. The number of carboxylic acid groups (broad SMARTS) is 1. The van der Waals surface area contributed by atoms with Gasteiger partial charge in [0.1, 0.15) is 13.3 Å². The van der Waals surface area contributed by atoms with E-state index in [0.29, 0.717) is 5.65 Å². The summed E-state index contributed by atoms with van der Waals surface area (Å²) < 4.78 is 43.3. The van der Waals surface area contributed by atoms with Crippen molar-refractivity contribution in [1.82, 2.24) is 19.5 Å². The largest absolute Gasteiger partial charge is 0.490 e. The number of aromatic amines is 1. The Labute approximate surface area is 147 Å². The third-order valence-electron chi connectivity index (χ3n) is 2.62. The Bertz CT molecular complexity index is 848. The van der Waals surface area contributed by atoms with E-state index in [1.807, 2.05) is 0 Å². The molecule has 2 rings (SSSR count). The number of nitrogens with one attached hydrogen (secondary N) is 1. The quantitative estimate of drug-likeness (QED) is 0.341. The van der Waals surface area contributed by atoms with Gasteiger partial charge in [-0.25, -0.2) is 9.78 Å². The fourth-order valence-electron chi connectivity index (χ4n) is 1.50. The van der Waals surface area contributed by atoms with E-state index in [9.17, 15) is 22.8 Å². The fraction of sp³-hybridized carbons (Fsp3) is 0.417. The first-order chi connectivity index (χ1) is 12.6. The lowest BCUT2D eigenvalue weighted by Gasteiger charge is -2.06. The third kappa shape index (κ3) is 6.90. The van der Waals surface area contributed by atoms with Crippen molar-refractivity contribution >= 4 is 29.1 Å². The molecule has 2 aromatic heterocycles. The molecule has 0 saturated heterocycles. The van der Waals surface area contributed by atoms with Gasteiger partial charge in [-0.3, -0.25) is 19.1 Å². The lowest BCUT2D eigenvalue weighted by Crippen LogP contribution is -2.21. The van der Waals surface area contributed by atoms with Gasteiger partial charge in [-0.1, -0.05) is 0 Å². The molecule has 0 spiro atoms. The van der Waals surface area contributed by atoms with Crippen molar-refractivity contribution in [3.05, 3.63) is 16.7 Å². The van der Waals surface area contributed by atoms with Crippen LogP contribution in [0.4, 0.5) is 19.1 Å². The highest BCUT2D eigenvalue weighted by molar-refractivity contribution is 5.73. The number of hydrogen-bond acceptors (Lipinski definition) is 9. The summed E-state index contributed by atoms with van der Waals surface area (Å²) in [4.78, 5) is 41.4.